The van der Waals surface area contributed by atoms with Crippen LogP contribution in [0, 0.1) is 0 Å². The third-order valence-electron chi connectivity index (χ3n) is 4.02. The van der Waals surface area contributed by atoms with Crippen LogP contribution in [0.1, 0.15) is 13.3 Å². The lowest BCUT2D eigenvalue weighted by Gasteiger charge is -2.33. The molecule has 0 radical (unpaired) electrons. The minimum Gasteiger partial charge on any atom is -0.490 e. The van der Waals surface area contributed by atoms with Gasteiger partial charge in [-0.2, -0.15) is 0 Å². The first-order valence-electron chi connectivity index (χ1n) is 7.86. The highest BCUT2D eigenvalue weighted by Crippen LogP contribution is 2.32. The number of nitrogens with one attached hydrogen (secondary N) is 2. The minimum absolute atomic E-state index is 0. The summed E-state index contributed by atoms with van der Waals surface area (Å²) in [6, 6.07) is 5.92. The number of ether oxygens (including phenoxy) is 2. The van der Waals surface area contributed by atoms with Crippen LogP contribution in [0.15, 0.2) is 18.2 Å². The second-order valence-electron chi connectivity index (χ2n) is 5.78. The normalized spacial score (nSPS) is 21.0. The van der Waals surface area contributed by atoms with Crippen LogP contribution in [0.3, 0.4) is 0 Å². The van der Waals surface area contributed by atoms with Crippen molar-refractivity contribution in [2.45, 2.75) is 19.4 Å². The van der Waals surface area contributed by atoms with Crippen molar-refractivity contribution in [1.29, 1.82) is 0 Å². The van der Waals surface area contributed by atoms with E-state index in [1.807, 2.05) is 18.2 Å². The van der Waals surface area contributed by atoms with Gasteiger partial charge in [0.25, 0.3) is 0 Å². The van der Waals surface area contributed by atoms with Gasteiger partial charge in [-0.15, -0.1) is 12.4 Å². The highest BCUT2D eigenvalue weighted by Gasteiger charge is 2.20. The predicted octanol–water partition coefficient (Wildman–Crippen LogP) is 1.50. The number of hydrogen-bond donors (Lipinski definition) is 2. The second kappa shape index (κ2) is 8.38. The fraction of sp³-hybridized carbons (Fsp3) is 0.562. The van der Waals surface area contributed by atoms with E-state index in [0.29, 0.717) is 31.5 Å². The molecule has 7 heteroatoms. The summed E-state index contributed by atoms with van der Waals surface area (Å²) in [7, 11) is 0. The first-order valence-corrected chi connectivity index (χ1v) is 7.86. The summed E-state index contributed by atoms with van der Waals surface area (Å²) in [5.41, 5.74) is 0.747. The number of benzene rings is 1. The Balaban J connectivity index is 0.00000192. The second-order valence-corrected chi connectivity index (χ2v) is 5.78. The van der Waals surface area contributed by atoms with Gasteiger partial charge in [-0.3, -0.25) is 9.69 Å². The number of carbonyl (C=O) groups excluding carboxylic acids is 1. The average molecular weight is 342 g/mol. The minimum atomic E-state index is 0. The van der Waals surface area contributed by atoms with Gasteiger partial charge in [-0.1, -0.05) is 0 Å². The number of nitrogens with zero attached hydrogens (tertiary/aromatic N) is 1. The topological polar surface area (TPSA) is 62.8 Å². The van der Waals surface area contributed by atoms with E-state index in [-0.39, 0.29) is 18.3 Å². The molecule has 1 amide bonds. The van der Waals surface area contributed by atoms with E-state index in [1.54, 1.807) is 0 Å². The third-order valence-corrected chi connectivity index (χ3v) is 4.02. The Morgan fingerprint density at radius 1 is 1.35 bits per heavy atom. The van der Waals surface area contributed by atoms with Crippen molar-refractivity contribution in [3.8, 4) is 11.5 Å². The number of hydrogen-bond acceptors (Lipinski definition) is 5. The maximum atomic E-state index is 12.2. The molecule has 2 N–H and O–H groups in total. The van der Waals surface area contributed by atoms with E-state index >= 15 is 0 Å². The molecule has 0 bridgehead atoms. The molecule has 0 unspecified atom stereocenters. The standard InChI is InChI=1S/C16H23N3O3.ClH/c1-12-10-17-5-6-19(12)11-16(20)18-13-3-4-14-15(9-13)22-8-2-7-21-14;/h3-4,9,12,17H,2,5-8,10-11H2,1H3,(H,18,20);1H/t12-;/m1./s1. The maximum Gasteiger partial charge on any atom is 0.238 e. The van der Waals surface area contributed by atoms with E-state index in [4.69, 9.17) is 9.47 Å². The number of fused-ring (bicyclic) bond motifs is 1. The molecule has 0 aliphatic carbocycles. The van der Waals surface area contributed by atoms with Crippen LogP contribution in [-0.4, -0.2) is 56.2 Å². The zero-order valence-corrected chi connectivity index (χ0v) is 14.2. The van der Waals surface area contributed by atoms with E-state index in [9.17, 15) is 4.79 Å². The number of amides is 1. The number of piperazine rings is 1. The van der Waals surface area contributed by atoms with Gasteiger partial charge in [0.2, 0.25) is 5.91 Å². The molecule has 1 saturated heterocycles. The lowest BCUT2D eigenvalue weighted by Crippen LogP contribution is -2.51. The molecule has 2 aliphatic rings. The molecule has 0 spiro atoms. The molecule has 1 fully saturated rings. The molecule has 6 nitrogen and oxygen atoms in total. The Bertz CT molecular complexity index is 541. The number of anilines is 1. The van der Waals surface area contributed by atoms with Gasteiger partial charge in [0.05, 0.1) is 19.8 Å². The van der Waals surface area contributed by atoms with Crippen molar-refractivity contribution in [1.82, 2.24) is 10.2 Å². The molecular weight excluding hydrogens is 318 g/mol. The lowest BCUT2D eigenvalue weighted by molar-refractivity contribution is -0.118. The highest BCUT2D eigenvalue weighted by molar-refractivity contribution is 5.92. The Kier molecular flexibility index (Phi) is 6.50. The van der Waals surface area contributed by atoms with Crippen molar-refractivity contribution >= 4 is 24.0 Å². The maximum absolute atomic E-state index is 12.2. The fourth-order valence-electron chi connectivity index (χ4n) is 2.74. The zero-order valence-electron chi connectivity index (χ0n) is 13.3. The summed E-state index contributed by atoms with van der Waals surface area (Å²) in [5.74, 6) is 1.44. The average Bonchev–Trinajstić information content (AvgIpc) is 2.74. The van der Waals surface area contributed by atoms with Crippen LogP contribution in [-0.2, 0) is 4.79 Å². The molecule has 23 heavy (non-hydrogen) atoms. The SMILES string of the molecule is C[C@@H]1CNCCN1CC(=O)Nc1ccc2c(c1)OCCCO2.Cl. The third kappa shape index (κ3) is 4.73. The number of halogens is 1. The van der Waals surface area contributed by atoms with Gasteiger partial charge in [-0.05, 0) is 19.1 Å². The summed E-state index contributed by atoms with van der Waals surface area (Å²) in [6.07, 6.45) is 0.872. The molecule has 0 aromatic heterocycles. The predicted molar refractivity (Wildman–Crippen MR) is 91.8 cm³/mol. The van der Waals surface area contributed by atoms with E-state index < -0.39 is 0 Å². The van der Waals surface area contributed by atoms with Gasteiger partial charge >= 0.3 is 0 Å². The Hall–Kier alpha value is -1.50. The van der Waals surface area contributed by atoms with Gasteiger partial charge in [0, 0.05) is 43.9 Å². The summed E-state index contributed by atoms with van der Waals surface area (Å²) >= 11 is 0. The van der Waals surface area contributed by atoms with Crippen molar-refractivity contribution in [2.24, 2.45) is 0 Å². The molecule has 128 valence electrons. The number of carbonyl (C=O) groups is 1. The first-order chi connectivity index (χ1) is 10.7. The largest absolute Gasteiger partial charge is 0.490 e. The molecule has 3 rings (SSSR count). The zero-order chi connectivity index (χ0) is 15.4. The van der Waals surface area contributed by atoms with Gasteiger partial charge in [0.1, 0.15) is 0 Å². The van der Waals surface area contributed by atoms with E-state index in [2.05, 4.69) is 22.5 Å². The van der Waals surface area contributed by atoms with Crippen LogP contribution >= 0.6 is 12.4 Å². The highest BCUT2D eigenvalue weighted by atomic mass is 35.5. The lowest BCUT2D eigenvalue weighted by atomic mass is 10.2. The Morgan fingerprint density at radius 3 is 2.91 bits per heavy atom. The molecule has 2 aliphatic heterocycles. The summed E-state index contributed by atoms with van der Waals surface area (Å²) in [4.78, 5) is 14.4. The molecule has 2 heterocycles. The van der Waals surface area contributed by atoms with Crippen LogP contribution in [0.5, 0.6) is 11.5 Å². The van der Waals surface area contributed by atoms with Crippen molar-refractivity contribution in [2.75, 3.05) is 44.7 Å². The van der Waals surface area contributed by atoms with Crippen LogP contribution in [0.2, 0.25) is 0 Å². The molecular formula is C16H24ClN3O3. The van der Waals surface area contributed by atoms with E-state index in [1.165, 1.54) is 0 Å². The smallest absolute Gasteiger partial charge is 0.238 e. The van der Waals surface area contributed by atoms with Gasteiger partial charge in [-0.25, -0.2) is 0 Å². The first kappa shape index (κ1) is 17.8. The van der Waals surface area contributed by atoms with Crippen molar-refractivity contribution in [3.05, 3.63) is 18.2 Å². The summed E-state index contributed by atoms with van der Waals surface area (Å²) in [6.45, 7) is 6.61. The monoisotopic (exact) mass is 341 g/mol. The van der Waals surface area contributed by atoms with E-state index in [0.717, 1.165) is 37.5 Å². The summed E-state index contributed by atoms with van der Waals surface area (Å²) in [5, 5.41) is 6.27. The number of rotatable bonds is 3. The van der Waals surface area contributed by atoms with Crippen LogP contribution in [0.4, 0.5) is 5.69 Å². The molecule has 1 aromatic carbocycles. The molecule has 0 saturated carbocycles. The van der Waals surface area contributed by atoms with Gasteiger partial charge < -0.3 is 20.1 Å². The Labute approximate surface area is 142 Å². The van der Waals surface area contributed by atoms with Crippen molar-refractivity contribution < 1.29 is 14.3 Å². The quantitative estimate of drug-likeness (QED) is 0.872. The van der Waals surface area contributed by atoms with Crippen LogP contribution < -0.4 is 20.1 Å². The van der Waals surface area contributed by atoms with Crippen LogP contribution in [0.25, 0.3) is 0 Å². The summed E-state index contributed by atoms with van der Waals surface area (Å²) < 4.78 is 11.2. The van der Waals surface area contributed by atoms with Crippen molar-refractivity contribution in [3.63, 3.8) is 0 Å². The molecule has 1 aromatic rings. The fourth-order valence-corrected chi connectivity index (χ4v) is 2.74. The molecule has 1 atom stereocenters. The van der Waals surface area contributed by atoms with Gasteiger partial charge in [0.15, 0.2) is 11.5 Å². The Morgan fingerprint density at radius 2 is 2.13 bits per heavy atom.